The van der Waals surface area contributed by atoms with Gasteiger partial charge in [-0.2, -0.15) is 5.26 Å². The highest BCUT2D eigenvalue weighted by atomic mass is 16.2. The van der Waals surface area contributed by atoms with Gasteiger partial charge in [-0.3, -0.25) is 4.79 Å². The Morgan fingerprint density at radius 1 is 1.59 bits per heavy atom. The summed E-state index contributed by atoms with van der Waals surface area (Å²) in [6.45, 7) is 4.01. The van der Waals surface area contributed by atoms with Crippen molar-refractivity contribution in [2.75, 3.05) is 13.1 Å². The summed E-state index contributed by atoms with van der Waals surface area (Å²) in [5.74, 6) is 0.854. The van der Waals surface area contributed by atoms with Crippen LogP contribution in [0.5, 0.6) is 0 Å². The van der Waals surface area contributed by atoms with E-state index < -0.39 is 0 Å². The van der Waals surface area contributed by atoms with Gasteiger partial charge in [-0.1, -0.05) is 6.92 Å². The number of likely N-dealkylation sites (tertiary alicyclic amines) is 1. The van der Waals surface area contributed by atoms with Crippen molar-refractivity contribution >= 4 is 5.91 Å². The van der Waals surface area contributed by atoms with E-state index in [0.717, 1.165) is 25.9 Å². The molecule has 1 fully saturated rings. The molecule has 0 aliphatic carbocycles. The van der Waals surface area contributed by atoms with Crippen LogP contribution in [0.2, 0.25) is 0 Å². The number of amides is 1. The number of nitrogens with zero attached hydrogens (tertiary/aromatic N) is 5. The van der Waals surface area contributed by atoms with Crippen LogP contribution in [0.15, 0.2) is 6.33 Å². The molecule has 2 heterocycles. The van der Waals surface area contributed by atoms with E-state index in [9.17, 15) is 4.79 Å². The Balaban J connectivity index is 1.91. The van der Waals surface area contributed by atoms with Crippen LogP contribution in [0.1, 0.15) is 25.6 Å². The van der Waals surface area contributed by atoms with Gasteiger partial charge >= 0.3 is 0 Å². The minimum Gasteiger partial charge on any atom is -0.341 e. The summed E-state index contributed by atoms with van der Waals surface area (Å²) in [4.78, 5) is 17.5. The third-order valence-corrected chi connectivity index (χ3v) is 3.07. The van der Waals surface area contributed by atoms with Gasteiger partial charge in [-0.25, -0.2) is 9.67 Å². The lowest BCUT2D eigenvalue weighted by atomic mass is 9.99. The first-order valence-electron chi connectivity index (χ1n) is 5.76. The standard InChI is InChI=1S/C11H15N5O/c1-9-2-4-15(5-3-9)11(17)7-16-8-13-10(6-12)14-16/h8-9H,2-5,7H2,1H3. The van der Waals surface area contributed by atoms with E-state index in [1.54, 1.807) is 0 Å². The van der Waals surface area contributed by atoms with Gasteiger partial charge in [-0.05, 0) is 18.8 Å². The Morgan fingerprint density at radius 2 is 2.29 bits per heavy atom. The van der Waals surface area contributed by atoms with E-state index in [4.69, 9.17) is 5.26 Å². The van der Waals surface area contributed by atoms with Crippen LogP contribution in [0.4, 0.5) is 0 Å². The van der Waals surface area contributed by atoms with Crippen LogP contribution < -0.4 is 0 Å². The third kappa shape index (κ3) is 2.81. The molecular weight excluding hydrogens is 218 g/mol. The van der Waals surface area contributed by atoms with Crippen molar-refractivity contribution in [3.63, 3.8) is 0 Å². The summed E-state index contributed by atoms with van der Waals surface area (Å²) in [6.07, 6.45) is 3.54. The molecule has 0 bridgehead atoms. The molecule has 0 spiro atoms. The smallest absolute Gasteiger partial charge is 0.252 e. The second-order valence-electron chi connectivity index (χ2n) is 4.44. The highest BCUT2D eigenvalue weighted by Crippen LogP contribution is 2.16. The van der Waals surface area contributed by atoms with E-state index in [1.165, 1.54) is 11.0 Å². The van der Waals surface area contributed by atoms with Gasteiger partial charge in [0, 0.05) is 13.1 Å². The van der Waals surface area contributed by atoms with Gasteiger partial charge in [0.15, 0.2) is 0 Å². The monoisotopic (exact) mass is 233 g/mol. The minimum atomic E-state index is 0.0475. The van der Waals surface area contributed by atoms with Crippen LogP contribution in [0.3, 0.4) is 0 Å². The predicted octanol–water partition coefficient (Wildman–Crippen LogP) is 0.408. The van der Waals surface area contributed by atoms with Crippen molar-refractivity contribution in [1.82, 2.24) is 19.7 Å². The zero-order valence-corrected chi connectivity index (χ0v) is 9.83. The van der Waals surface area contributed by atoms with E-state index in [2.05, 4.69) is 17.0 Å². The maximum atomic E-state index is 11.9. The molecule has 6 nitrogen and oxygen atoms in total. The molecule has 90 valence electrons. The zero-order chi connectivity index (χ0) is 12.3. The molecule has 6 heteroatoms. The van der Waals surface area contributed by atoms with Crippen LogP contribution in [0.25, 0.3) is 0 Å². The van der Waals surface area contributed by atoms with Gasteiger partial charge < -0.3 is 4.90 Å². The molecule has 1 aromatic heterocycles. The normalized spacial score (nSPS) is 16.8. The first kappa shape index (κ1) is 11.6. The summed E-state index contributed by atoms with van der Waals surface area (Å²) < 4.78 is 1.42. The molecule has 17 heavy (non-hydrogen) atoms. The molecule has 1 aliphatic heterocycles. The maximum absolute atomic E-state index is 11.9. The molecule has 0 atom stereocenters. The van der Waals surface area contributed by atoms with Crippen LogP contribution >= 0.6 is 0 Å². The van der Waals surface area contributed by atoms with E-state index in [0.29, 0.717) is 5.92 Å². The lowest BCUT2D eigenvalue weighted by Gasteiger charge is -2.30. The average Bonchev–Trinajstić information content (AvgIpc) is 2.77. The Kier molecular flexibility index (Phi) is 3.38. The molecule has 1 saturated heterocycles. The second kappa shape index (κ2) is 4.95. The Morgan fingerprint density at radius 3 is 2.88 bits per heavy atom. The molecule has 1 aliphatic rings. The fourth-order valence-electron chi connectivity index (χ4n) is 1.92. The molecular formula is C11H15N5O. The lowest BCUT2D eigenvalue weighted by molar-refractivity contribution is -0.133. The summed E-state index contributed by atoms with van der Waals surface area (Å²) in [7, 11) is 0. The number of hydrogen-bond acceptors (Lipinski definition) is 4. The van der Waals surface area contributed by atoms with Gasteiger partial charge in [0.05, 0.1) is 0 Å². The number of hydrogen-bond donors (Lipinski definition) is 0. The van der Waals surface area contributed by atoms with Crippen molar-refractivity contribution < 1.29 is 4.79 Å². The Bertz CT molecular complexity index is 439. The first-order chi connectivity index (χ1) is 8.19. The Labute approximate surface area is 99.9 Å². The van der Waals surface area contributed by atoms with Crippen LogP contribution in [-0.4, -0.2) is 38.7 Å². The van der Waals surface area contributed by atoms with E-state index in [-0.39, 0.29) is 18.3 Å². The zero-order valence-electron chi connectivity index (χ0n) is 9.83. The van der Waals surface area contributed by atoms with Gasteiger partial charge in [-0.15, -0.1) is 5.10 Å². The topological polar surface area (TPSA) is 74.8 Å². The van der Waals surface area contributed by atoms with Gasteiger partial charge in [0.2, 0.25) is 5.91 Å². The van der Waals surface area contributed by atoms with Gasteiger partial charge in [0.25, 0.3) is 5.82 Å². The average molecular weight is 233 g/mol. The highest BCUT2D eigenvalue weighted by Gasteiger charge is 2.20. The van der Waals surface area contributed by atoms with Gasteiger partial charge in [0.1, 0.15) is 18.9 Å². The lowest BCUT2D eigenvalue weighted by Crippen LogP contribution is -2.39. The summed E-state index contributed by atoms with van der Waals surface area (Å²) in [5, 5.41) is 12.5. The molecule has 0 radical (unpaired) electrons. The quantitative estimate of drug-likeness (QED) is 0.741. The summed E-state index contributed by atoms with van der Waals surface area (Å²) in [6, 6.07) is 1.84. The molecule has 1 aromatic rings. The van der Waals surface area contributed by atoms with E-state index in [1.807, 2.05) is 11.0 Å². The van der Waals surface area contributed by atoms with Crippen molar-refractivity contribution in [3.05, 3.63) is 12.2 Å². The minimum absolute atomic E-state index is 0.0475. The number of aromatic nitrogens is 3. The van der Waals surface area contributed by atoms with Crippen molar-refractivity contribution in [1.29, 1.82) is 5.26 Å². The number of piperidine rings is 1. The number of nitriles is 1. The fraction of sp³-hybridized carbons (Fsp3) is 0.636. The largest absolute Gasteiger partial charge is 0.341 e. The van der Waals surface area contributed by atoms with Crippen LogP contribution in [0, 0.1) is 17.2 Å². The summed E-state index contributed by atoms with van der Waals surface area (Å²) >= 11 is 0. The maximum Gasteiger partial charge on any atom is 0.252 e. The SMILES string of the molecule is CC1CCN(C(=O)Cn2cnc(C#N)n2)CC1. The molecule has 0 aromatic carbocycles. The third-order valence-electron chi connectivity index (χ3n) is 3.07. The van der Waals surface area contributed by atoms with E-state index >= 15 is 0 Å². The van der Waals surface area contributed by atoms with Crippen molar-refractivity contribution in [2.24, 2.45) is 5.92 Å². The molecule has 0 unspecified atom stereocenters. The Hall–Kier alpha value is -1.90. The fourth-order valence-corrected chi connectivity index (χ4v) is 1.92. The number of carbonyl (C=O) groups excluding carboxylic acids is 1. The van der Waals surface area contributed by atoms with Crippen LogP contribution in [-0.2, 0) is 11.3 Å². The molecule has 2 rings (SSSR count). The van der Waals surface area contributed by atoms with Crippen molar-refractivity contribution in [3.8, 4) is 6.07 Å². The highest BCUT2D eigenvalue weighted by molar-refractivity contribution is 5.75. The first-order valence-corrected chi connectivity index (χ1v) is 5.76. The van der Waals surface area contributed by atoms with Crippen molar-refractivity contribution in [2.45, 2.75) is 26.3 Å². The number of carbonyl (C=O) groups is 1. The molecule has 1 amide bonds. The number of rotatable bonds is 2. The molecule has 0 N–H and O–H groups in total. The second-order valence-corrected chi connectivity index (χ2v) is 4.44. The predicted molar refractivity (Wildman–Crippen MR) is 59.7 cm³/mol. The summed E-state index contributed by atoms with van der Waals surface area (Å²) in [5.41, 5.74) is 0. The molecule has 0 saturated carbocycles.